The van der Waals surface area contributed by atoms with Gasteiger partial charge in [-0.3, -0.25) is 14.5 Å². The van der Waals surface area contributed by atoms with Crippen LogP contribution in [0.3, 0.4) is 0 Å². The van der Waals surface area contributed by atoms with Gasteiger partial charge in [0.25, 0.3) is 0 Å². The average Bonchev–Trinajstić information content (AvgIpc) is 3.17. The third-order valence-electron chi connectivity index (χ3n) is 4.63. The molecule has 8 heteroatoms. The highest BCUT2D eigenvalue weighted by Crippen LogP contribution is 2.26. The van der Waals surface area contributed by atoms with E-state index >= 15 is 0 Å². The lowest BCUT2D eigenvalue weighted by Crippen LogP contribution is -2.28. The SMILES string of the molecule is Cc1cnc(C(=O)c2ccc(OC(CCN(C)CC(=O)O)c3ccc(F)cc3)cc2)s1. The van der Waals surface area contributed by atoms with E-state index in [0.717, 1.165) is 10.4 Å². The molecule has 0 bridgehead atoms. The number of carbonyl (C=O) groups excluding carboxylic acids is 1. The van der Waals surface area contributed by atoms with Crippen molar-refractivity contribution in [3.63, 3.8) is 0 Å². The van der Waals surface area contributed by atoms with Gasteiger partial charge in [0.2, 0.25) is 5.78 Å². The lowest BCUT2D eigenvalue weighted by molar-refractivity contribution is -0.138. The Morgan fingerprint density at radius 1 is 1.16 bits per heavy atom. The van der Waals surface area contributed by atoms with Crippen LogP contribution in [0.25, 0.3) is 0 Å². The van der Waals surface area contributed by atoms with Crippen LogP contribution in [-0.2, 0) is 4.79 Å². The molecule has 2 aromatic carbocycles. The Kier molecular flexibility index (Phi) is 7.49. The number of hydrogen-bond acceptors (Lipinski definition) is 6. The summed E-state index contributed by atoms with van der Waals surface area (Å²) in [6.07, 6.45) is 1.78. The minimum Gasteiger partial charge on any atom is -0.486 e. The highest BCUT2D eigenvalue weighted by atomic mass is 32.1. The van der Waals surface area contributed by atoms with E-state index in [1.54, 1.807) is 54.5 Å². The number of thiazole rings is 1. The molecular weight excluding hydrogens is 419 g/mol. The Bertz CT molecular complexity index is 1030. The lowest BCUT2D eigenvalue weighted by Gasteiger charge is -2.22. The van der Waals surface area contributed by atoms with Gasteiger partial charge in [0, 0.05) is 29.6 Å². The van der Waals surface area contributed by atoms with Crippen molar-refractivity contribution in [1.29, 1.82) is 0 Å². The fraction of sp³-hybridized carbons (Fsp3) is 0.261. The molecule has 1 unspecified atom stereocenters. The van der Waals surface area contributed by atoms with Gasteiger partial charge in [-0.05, 0) is 55.9 Å². The summed E-state index contributed by atoms with van der Waals surface area (Å²) in [5.74, 6) is -0.833. The Labute approximate surface area is 183 Å². The molecule has 0 fully saturated rings. The smallest absolute Gasteiger partial charge is 0.317 e. The van der Waals surface area contributed by atoms with Crippen LogP contribution in [0, 0.1) is 12.7 Å². The van der Waals surface area contributed by atoms with Gasteiger partial charge in [-0.2, -0.15) is 0 Å². The fourth-order valence-corrected chi connectivity index (χ4v) is 3.78. The first-order chi connectivity index (χ1) is 14.8. The molecule has 0 aliphatic heterocycles. The third kappa shape index (κ3) is 6.44. The zero-order valence-electron chi connectivity index (χ0n) is 17.2. The number of aromatic nitrogens is 1. The summed E-state index contributed by atoms with van der Waals surface area (Å²) >= 11 is 1.35. The third-order valence-corrected chi connectivity index (χ3v) is 5.54. The van der Waals surface area contributed by atoms with E-state index in [4.69, 9.17) is 9.84 Å². The lowest BCUT2D eigenvalue weighted by atomic mass is 10.1. The van der Waals surface area contributed by atoms with Crippen LogP contribution >= 0.6 is 11.3 Å². The number of rotatable bonds is 10. The zero-order valence-corrected chi connectivity index (χ0v) is 18.1. The van der Waals surface area contributed by atoms with Crippen molar-refractivity contribution in [2.45, 2.75) is 19.4 Å². The van der Waals surface area contributed by atoms with E-state index in [-0.39, 0.29) is 18.1 Å². The Morgan fingerprint density at radius 3 is 2.42 bits per heavy atom. The van der Waals surface area contributed by atoms with Crippen molar-refractivity contribution in [3.05, 3.63) is 81.6 Å². The van der Waals surface area contributed by atoms with Crippen LogP contribution in [0.2, 0.25) is 0 Å². The van der Waals surface area contributed by atoms with Crippen molar-refractivity contribution in [1.82, 2.24) is 9.88 Å². The summed E-state index contributed by atoms with van der Waals surface area (Å²) in [5, 5.41) is 9.38. The van der Waals surface area contributed by atoms with Crippen molar-refractivity contribution in [2.75, 3.05) is 20.1 Å². The highest BCUT2D eigenvalue weighted by Gasteiger charge is 2.17. The molecule has 6 nitrogen and oxygen atoms in total. The number of aliphatic carboxylic acids is 1. The van der Waals surface area contributed by atoms with E-state index in [2.05, 4.69) is 4.98 Å². The second-order valence-electron chi connectivity index (χ2n) is 7.21. The van der Waals surface area contributed by atoms with Gasteiger partial charge in [-0.15, -0.1) is 11.3 Å². The number of likely N-dealkylation sites (N-methyl/N-ethyl adjacent to an activating group) is 1. The molecule has 0 spiro atoms. The van der Waals surface area contributed by atoms with Crippen molar-refractivity contribution in [2.24, 2.45) is 0 Å². The average molecular weight is 443 g/mol. The standard InChI is InChI=1S/C23H23FN2O4S/c1-15-13-25-23(31-15)22(29)17-5-9-19(10-6-17)30-20(11-12-26(2)14-21(27)28)16-3-7-18(24)8-4-16/h3-10,13,20H,11-12,14H2,1-2H3,(H,27,28). The first kappa shape index (κ1) is 22.6. The maximum Gasteiger partial charge on any atom is 0.317 e. The topological polar surface area (TPSA) is 79.7 Å². The minimum absolute atomic E-state index is 0.0802. The predicted octanol–water partition coefficient (Wildman–Crippen LogP) is 4.35. The molecule has 0 aliphatic carbocycles. The Morgan fingerprint density at radius 2 is 1.84 bits per heavy atom. The van der Waals surface area contributed by atoms with E-state index in [0.29, 0.717) is 29.3 Å². The molecule has 1 heterocycles. The molecule has 0 saturated heterocycles. The summed E-state index contributed by atoms with van der Waals surface area (Å²) in [7, 11) is 1.72. The number of benzene rings is 2. The molecule has 1 aromatic heterocycles. The number of carbonyl (C=O) groups is 2. The second-order valence-corrected chi connectivity index (χ2v) is 8.44. The predicted molar refractivity (Wildman–Crippen MR) is 116 cm³/mol. The number of nitrogens with zero attached hydrogens (tertiary/aromatic N) is 2. The van der Waals surface area contributed by atoms with Crippen molar-refractivity contribution >= 4 is 23.1 Å². The molecule has 0 saturated carbocycles. The van der Waals surface area contributed by atoms with Gasteiger partial charge in [0.05, 0.1) is 6.54 Å². The molecule has 162 valence electrons. The van der Waals surface area contributed by atoms with Gasteiger partial charge >= 0.3 is 5.97 Å². The molecule has 0 aliphatic rings. The maximum atomic E-state index is 13.3. The van der Waals surface area contributed by atoms with E-state index in [1.807, 2.05) is 6.92 Å². The summed E-state index contributed by atoms with van der Waals surface area (Å²) in [4.78, 5) is 30.2. The first-order valence-corrected chi connectivity index (χ1v) is 10.5. The number of halogens is 1. The second kappa shape index (κ2) is 10.3. The largest absolute Gasteiger partial charge is 0.486 e. The quantitative estimate of drug-likeness (QED) is 0.470. The summed E-state index contributed by atoms with van der Waals surface area (Å²) in [5.41, 5.74) is 1.30. The van der Waals surface area contributed by atoms with Gasteiger partial charge < -0.3 is 9.84 Å². The van der Waals surface area contributed by atoms with E-state index < -0.39 is 12.1 Å². The number of aryl methyl sites for hydroxylation is 1. The number of carboxylic acid groups (broad SMARTS) is 1. The first-order valence-electron chi connectivity index (χ1n) is 9.71. The van der Waals surface area contributed by atoms with Crippen LogP contribution in [0.15, 0.2) is 54.7 Å². The van der Waals surface area contributed by atoms with Crippen LogP contribution in [-0.4, -0.2) is 46.9 Å². The maximum absolute atomic E-state index is 13.3. The summed E-state index contributed by atoms with van der Waals surface area (Å²) in [6.45, 7) is 2.30. The number of ether oxygens (including phenoxy) is 1. The molecular formula is C23H23FN2O4S. The van der Waals surface area contributed by atoms with E-state index in [1.165, 1.54) is 23.5 Å². The van der Waals surface area contributed by atoms with Crippen molar-refractivity contribution in [3.8, 4) is 5.75 Å². The normalized spacial score (nSPS) is 12.0. The molecule has 1 atom stereocenters. The Hall–Kier alpha value is -3.10. The minimum atomic E-state index is -0.905. The summed E-state index contributed by atoms with van der Waals surface area (Å²) in [6, 6.07) is 12.8. The van der Waals surface area contributed by atoms with E-state index in [9.17, 15) is 14.0 Å². The monoisotopic (exact) mass is 442 g/mol. The van der Waals surface area contributed by atoms with Crippen LogP contribution in [0.4, 0.5) is 4.39 Å². The molecule has 0 radical (unpaired) electrons. The zero-order chi connectivity index (χ0) is 22.4. The van der Waals surface area contributed by atoms with Gasteiger partial charge in [0.15, 0.2) is 5.01 Å². The van der Waals surface area contributed by atoms with Gasteiger partial charge in [-0.1, -0.05) is 12.1 Å². The fourth-order valence-electron chi connectivity index (χ4n) is 3.05. The number of ketones is 1. The van der Waals surface area contributed by atoms with Crippen LogP contribution in [0.1, 0.15) is 38.3 Å². The molecule has 31 heavy (non-hydrogen) atoms. The molecule has 1 N–H and O–H groups in total. The Balaban J connectivity index is 1.72. The number of hydrogen-bond donors (Lipinski definition) is 1. The molecule has 0 amide bonds. The van der Waals surface area contributed by atoms with Crippen molar-refractivity contribution < 1.29 is 23.8 Å². The number of carboxylic acids is 1. The van der Waals surface area contributed by atoms with Gasteiger partial charge in [0.1, 0.15) is 17.7 Å². The highest BCUT2D eigenvalue weighted by molar-refractivity contribution is 7.13. The van der Waals surface area contributed by atoms with Crippen LogP contribution < -0.4 is 4.74 Å². The van der Waals surface area contributed by atoms with Gasteiger partial charge in [-0.25, -0.2) is 9.37 Å². The molecule has 3 rings (SSSR count). The van der Waals surface area contributed by atoms with Crippen LogP contribution in [0.5, 0.6) is 5.75 Å². The summed E-state index contributed by atoms with van der Waals surface area (Å²) < 4.78 is 19.5. The molecule has 3 aromatic rings.